The molecule has 8 nitrogen and oxygen atoms in total. The third kappa shape index (κ3) is 4.80. The van der Waals surface area contributed by atoms with Crippen LogP contribution in [0.4, 0.5) is 5.69 Å². The molecule has 2 aromatic rings. The fraction of sp³-hybridized carbons (Fsp3) is 0.286. The van der Waals surface area contributed by atoms with Gasteiger partial charge in [0.2, 0.25) is 23.5 Å². The number of imide groups is 1. The number of thiophene rings is 1. The van der Waals surface area contributed by atoms with Crippen LogP contribution in [0.15, 0.2) is 36.4 Å². The highest BCUT2D eigenvalue weighted by Gasteiger charge is 2.30. The Morgan fingerprint density at radius 1 is 1.07 bits per heavy atom. The Bertz CT molecular complexity index is 995. The fourth-order valence-corrected chi connectivity index (χ4v) is 3.88. The standard InChI is InChI=1S/C21H20N2O6S/c1-12(20(27)17-8-7-16(30-17)11-22-13(2)24)29-21(28)14-3-5-15(6-4-14)23-18(25)9-10-19(23)26/h3-8,12H,9-11H2,1-2H3,(H,22,24). The number of rotatable bonds is 7. The summed E-state index contributed by atoms with van der Waals surface area (Å²) < 4.78 is 5.27. The molecule has 3 rings (SSSR count). The van der Waals surface area contributed by atoms with Gasteiger partial charge in [-0.15, -0.1) is 11.3 Å². The van der Waals surface area contributed by atoms with E-state index in [2.05, 4.69) is 5.32 Å². The molecule has 1 atom stereocenters. The van der Waals surface area contributed by atoms with E-state index in [0.29, 0.717) is 17.1 Å². The summed E-state index contributed by atoms with van der Waals surface area (Å²) in [5, 5.41) is 2.66. The highest BCUT2D eigenvalue weighted by Crippen LogP contribution is 2.23. The number of hydrogen-bond donors (Lipinski definition) is 1. The Kier molecular flexibility index (Phi) is 6.41. The predicted molar refractivity (Wildman–Crippen MR) is 109 cm³/mol. The summed E-state index contributed by atoms with van der Waals surface area (Å²) in [4.78, 5) is 61.8. The number of ketones is 1. The third-order valence-corrected chi connectivity index (χ3v) is 5.58. The second kappa shape index (κ2) is 9.00. The second-order valence-electron chi connectivity index (χ2n) is 6.76. The van der Waals surface area contributed by atoms with E-state index in [1.165, 1.54) is 49.4 Å². The van der Waals surface area contributed by atoms with Crippen molar-refractivity contribution < 1.29 is 28.7 Å². The van der Waals surface area contributed by atoms with Gasteiger partial charge in [0, 0.05) is 24.6 Å². The van der Waals surface area contributed by atoms with E-state index in [1.807, 2.05) is 0 Å². The van der Waals surface area contributed by atoms with Gasteiger partial charge in [-0.25, -0.2) is 4.79 Å². The second-order valence-corrected chi connectivity index (χ2v) is 7.93. The van der Waals surface area contributed by atoms with Gasteiger partial charge in [-0.05, 0) is 43.3 Å². The van der Waals surface area contributed by atoms with Crippen LogP contribution in [0.3, 0.4) is 0 Å². The van der Waals surface area contributed by atoms with Crippen LogP contribution in [0.25, 0.3) is 0 Å². The van der Waals surface area contributed by atoms with Gasteiger partial charge in [0.1, 0.15) is 0 Å². The lowest BCUT2D eigenvalue weighted by molar-refractivity contribution is -0.121. The zero-order chi connectivity index (χ0) is 21.8. The lowest BCUT2D eigenvalue weighted by atomic mass is 10.2. The lowest BCUT2D eigenvalue weighted by Crippen LogP contribution is -2.28. The average Bonchev–Trinajstić information content (AvgIpc) is 3.32. The number of nitrogens with one attached hydrogen (secondary N) is 1. The van der Waals surface area contributed by atoms with Gasteiger partial charge in [0.05, 0.1) is 22.7 Å². The largest absolute Gasteiger partial charge is 0.451 e. The number of anilines is 1. The summed E-state index contributed by atoms with van der Waals surface area (Å²) in [5.74, 6) is -1.74. The number of ether oxygens (including phenoxy) is 1. The van der Waals surface area contributed by atoms with Crippen LogP contribution < -0.4 is 10.2 Å². The number of Topliss-reactive ketones (excluding diaryl/α,β-unsaturated/α-hetero) is 1. The normalized spacial score (nSPS) is 14.5. The SMILES string of the molecule is CC(=O)NCc1ccc(C(=O)C(C)OC(=O)c2ccc(N3C(=O)CCC3=O)cc2)s1. The number of amides is 3. The first-order valence-corrected chi connectivity index (χ1v) is 10.1. The van der Waals surface area contributed by atoms with Gasteiger partial charge < -0.3 is 10.1 Å². The summed E-state index contributed by atoms with van der Waals surface area (Å²) in [7, 11) is 0. The summed E-state index contributed by atoms with van der Waals surface area (Å²) in [6.45, 7) is 3.23. The number of carbonyl (C=O) groups is 5. The molecule has 1 fully saturated rings. The van der Waals surface area contributed by atoms with E-state index in [-0.39, 0.29) is 41.9 Å². The van der Waals surface area contributed by atoms with Crippen molar-refractivity contribution in [1.82, 2.24) is 5.32 Å². The Balaban J connectivity index is 1.61. The molecule has 1 aliphatic rings. The monoisotopic (exact) mass is 428 g/mol. The minimum Gasteiger partial charge on any atom is -0.451 e. The molecule has 0 aliphatic carbocycles. The molecule has 1 saturated heterocycles. The van der Waals surface area contributed by atoms with Crippen molar-refractivity contribution in [2.24, 2.45) is 0 Å². The molecule has 1 aromatic carbocycles. The smallest absolute Gasteiger partial charge is 0.338 e. The van der Waals surface area contributed by atoms with Gasteiger partial charge in [-0.3, -0.25) is 24.1 Å². The van der Waals surface area contributed by atoms with Gasteiger partial charge in [0.15, 0.2) is 6.10 Å². The average molecular weight is 428 g/mol. The first-order chi connectivity index (χ1) is 14.3. The van der Waals surface area contributed by atoms with Crippen LogP contribution in [0.5, 0.6) is 0 Å². The van der Waals surface area contributed by atoms with Crippen molar-refractivity contribution in [3.8, 4) is 0 Å². The maximum Gasteiger partial charge on any atom is 0.338 e. The number of benzene rings is 1. The zero-order valence-electron chi connectivity index (χ0n) is 16.5. The highest BCUT2D eigenvalue weighted by atomic mass is 32.1. The summed E-state index contributed by atoms with van der Waals surface area (Å²) in [6, 6.07) is 9.26. The molecule has 1 aliphatic heterocycles. The maximum absolute atomic E-state index is 12.5. The summed E-state index contributed by atoms with van der Waals surface area (Å²) >= 11 is 1.23. The molecule has 2 heterocycles. The fourth-order valence-electron chi connectivity index (χ4n) is 2.91. The Labute approximate surface area is 176 Å². The van der Waals surface area contributed by atoms with Gasteiger partial charge >= 0.3 is 5.97 Å². The molecule has 30 heavy (non-hydrogen) atoms. The number of nitrogens with zero attached hydrogens (tertiary/aromatic N) is 1. The first kappa shape index (κ1) is 21.4. The number of hydrogen-bond acceptors (Lipinski definition) is 7. The molecular formula is C21H20N2O6S. The van der Waals surface area contributed by atoms with Crippen LogP contribution in [0.2, 0.25) is 0 Å². The Hall–Kier alpha value is -3.33. The predicted octanol–water partition coefficient (Wildman–Crippen LogP) is 2.47. The quantitative estimate of drug-likeness (QED) is 0.412. The minimum absolute atomic E-state index is 0.164. The van der Waals surface area contributed by atoms with Crippen LogP contribution in [0.1, 0.15) is 51.6 Å². The topological polar surface area (TPSA) is 110 Å². The molecule has 1 N–H and O–H groups in total. The molecule has 9 heteroatoms. The van der Waals surface area contributed by atoms with E-state index in [0.717, 1.165) is 9.78 Å². The zero-order valence-corrected chi connectivity index (χ0v) is 17.3. The first-order valence-electron chi connectivity index (χ1n) is 9.30. The molecule has 0 saturated carbocycles. The van der Waals surface area contributed by atoms with Crippen molar-refractivity contribution in [2.75, 3.05) is 4.90 Å². The van der Waals surface area contributed by atoms with E-state index >= 15 is 0 Å². The van der Waals surface area contributed by atoms with E-state index < -0.39 is 12.1 Å². The van der Waals surface area contributed by atoms with Gasteiger partial charge in [-0.1, -0.05) is 0 Å². The molecule has 1 aromatic heterocycles. The Morgan fingerprint density at radius 3 is 2.30 bits per heavy atom. The van der Waals surface area contributed by atoms with E-state index in [4.69, 9.17) is 4.74 Å². The van der Waals surface area contributed by atoms with Crippen LogP contribution in [0, 0.1) is 0 Å². The van der Waals surface area contributed by atoms with Crippen LogP contribution in [-0.2, 0) is 25.7 Å². The van der Waals surface area contributed by atoms with E-state index in [9.17, 15) is 24.0 Å². The molecule has 0 radical (unpaired) electrons. The van der Waals surface area contributed by atoms with Gasteiger partial charge in [0.25, 0.3) is 0 Å². The molecular weight excluding hydrogens is 408 g/mol. The van der Waals surface area contributed by atoms with Crippen molar-refractivity contribution in [1.29, 1.82) is 0 Å². The van der Waals surface area contributed by atoms with Crippen molar-refractivity contribution >= 4 is 46.5 Å². The molecule has 0 bridgehead atoms. The summed E-state index contributed by atoms with van der Waals surface area (Å²) in [5.41, 5.74) is 0.600. The van der Waals surface area contributed by atoms with Crippen LogP contribution >= 0.6 is 11.3 Å². The highest BCUT2D eigenvalue weighted by molar-refractivity contribution is 7.14. The Morgan fingerprint density at radius 2 is 1.70 bits per heavy atom. The lowest BCUT2D eigenvalue weighted by Gasteiger charge is -2.15. The van der Waals surface area contributed by atoms with E-state index in [1.54, 1.807) is 12.1 Å². The van der Waals surface area contributed by atoms with Crippen molar-refractivity contribution in [3.05, 3.63) is 51.7 Å². The maximum atomic E-state index is 12.5. The van der Waals surface area contributed by atoms with Gasteiger partial charge in [-0.2, -0.15) is 0 Å². The van der Waals surface area contributed by atoms with Crippen molar-refractivity contribution in [2.45, 2.75) is 39.3 Å². The molecule has 1 unspecified atom stereocenters. The minimum atomic E-state index is -0.994. The van der Waals surface area contributed by atoms with Crippen molar-refractivity contribution in [3.63, 3.8) is 0 Å². The molecule has 156 valence electrons. The summed E-state index contributed by atoms with van der Waals surface area (Å²) in [6.07, 6.45) is -0.638. The molecule has 0 spiro atoms. The van der Waals surface area contributed by atoms with Crippen LogP contribution in [-0.4, -0.2) is 35.6 Å². The number of carbonyl (C=O) groups excluding carboxylic acids is 5. The third-order valence-electron chi connectivity index (χ3n) is 4.48. The molecule has 3 amide bonds. The number of esters is 1.